The van der Waals surface area contributed by atoms with Crippen molar-refractivity contribution in [1.29, 1.82) is 0 Å². The minimum Gasteiger partial charge on any atom is -0.466 e. The van der Waals surface area contributed by atoms with Gasteiger partial charge in [0.15, 0.2) is 0 Å². The van der Waals surface area contributed by atoms with Gasteiger partial charge in [-0.05, 0) is 37.7 Å². The SMILES string of the molecule is CCOC(=O)C[C@H](CC(=O)NC(C)c1ccccc1)CC(C)C. The van der Waals surface area contributed by atoms with E-state index >= 15 is 0 Å². The molecule has 0 radical (unpaired) electrons. The maximum Gasteiger partial charge on any atom is 0.306 e. The Morgan fingerprint density at radius 1 is 1.09 bits per heavy atom. The molecule has 0 saturated heterocycles. The quantitative estimate of drug-likeness (QED) is 0.703. The zero-order chi connectivity index (χ0) is 17.2. The van der Waals surface area contributed by atoms with Gasteiger partial charge in [-0.2, -0.15) is 0 Å². The number of hydrogen-bond donors (Lipinski definition) is 1. The molecule has 0 saturated carbocycles. The van der Waals surface area contributed by atoms with Crippen LogP contribution < -0.4 is 5.32 Å². The van der Waals surface area contributed by atoms with E-state index < -0.39 is 0 Å². The number of rotatable bonds is 9. The van der Waals surface area contributed by atoms with Gasteiger partial charge in [-0.25, -0.2) is 0 Å². The number of carbonyl (C=O) groups is 2. The molecular weight excluding hydrogens is 290 g/mol. The lowest BCUT2D eigenvalue weighted by molar-refractivity contribution is -0.144. The Labute approximate surface area is 139 Å². The van der Waals surface area contributed by atoms with Crippen LogP contribution in [0.1, 0.15) is 58.6 Å². The van der Waals surface area contributed by atoms with Crippen LogP contribution in [0, 0.1) is 11.8 Å². The Hall–Kier alpha value is -1.84. The van der Waals surface area contributed by atoms with Crippen molar-refractivity contribution in [3.8, 4) is 0 Å². The molecule has 4 heteroatoms. The minimum atomic E-state index is -0.220. The molecule has 0 aliphatic carbocycles. The monoisotopic (exact) mass is 319 g/mol. The number of nitrogens with one attached hydrogen (secondary N) is 1. The highest BCUT2D eigenvalue weighted by Crippen LogP contribution is 2.21. The van der Waals surface area contributed by atoms with E-state index in [1.807, 2.05) is 37.3 Å². The molecule has 1 amide bonds. The predicted octanol–water partition coefficient (Wildman–Crippen LogP) is 3.87. The summed E-state index contributed by atoms with van der Waals surface area (Å²) >= 11 is 0. The van der Waals surface area contributed by atoms with Crippen molar-refractivity contribution >= 4 is 11.9 Å². The summed E-state index contributed by atoms with van der Waals surface area (Å²) in [6.45, 7) is 8.34. The fraction of sp³-hybridized carbons (Fsp3) is 0.579. The first kappa shape index (κ1) is 19.2. The zero-order valence-corrected chi connectivity index (χ0v) is 14.7. The van der Waals surface area contributed by atoms with Crippen LogP contribution in [0.3, 0.4) is 0 Å². The molecule has 0 fully saturated rings. The highest BCUT2D eigenvalue weighted by molar-refractivity contribution is 5.78. The summed E-state index contributed by atoms with van der Waals surface area (Å²) in [6, 6.07) is 9.83. The molecule has 0 spiro atoms. The second-order valence-corrected chi connectivity index (χ2v) is 6.41. The summed E-state index contributed by atoms with van der Waals surface area (Å²) in [5, 5.41) is 3.01. The molecular formula is C19H29NO3. The number of benzene rings is 1. The van der Waals surface area contributed by atoms with E-state index in [0.717, 1.165) is 12.0 Å². The van der Waals surface area contributed by atoms with E-state index in [4.69, 9.17) is 4.74 Å². The average molecular weight is 319 g/mol. The molecule has 0 aliphatic rings. The van der Waals surface area contributed by atoms with Crippen molar-refractivity contribution in [2.24, 2.45) is 11.8 Å². The largest absolute Gasteiger partial charge is 0.466 e. The van der Waals surface area contributed by atoms with E-state index in [-0.39, 0.29) is 23.8 Å². The van der Waals surface area contributed by atoms with E-state index in [9.17, 15) is 9.59 Å². The van der Waals surface area contributed by atoms with Gasteiger partial charge in [0.2, 0.25) is 5.91 Å². The van der Waals surface area contributed by atoms with E-state index in [0.29, 0.717) is 25.4 Å². The normalized spacial score (nSPS) is 13.4. The van der Waals surface area contributed by atoms with Crippen molar-refractivity contribution < 1.29 is 14.3 Å². The summed E-state index contributed by atoms with van der Waals surface area (Å²) in [7, 11) is 0. The van der Waals surface area contributed by atoms with Gasteiger partial charge in [-0.1, -0.05) is 44.2 Å². The molecule has 128 valence electrons. The van der Waals surface area contributed by atoms with Crippen LogP contribution in [0.25, 0.3) is 0 Å². The Morgan fingerprint density at radius 3 is 2.30 bits per heavy atom. The molecule has 1 unspecified atom stereocenters. The molecule has 0 aliphatic heterocycles. The second-order valence-electron chi connectivity index (χ2n) is 6.41. The van der Waals surface area contributed by atoms with Crippen molar-refractivity contribution in [3.05, 3.63) is 35.9 Å². The van der Waals surface area contributed by atoms with Crippen molar-refractivity contribution in [1.82, 2.24) is 5.32 Å². The fourth-order valence-corrected chi connectivity index (χ4v) is 2.75. The fourth-order valence-electron chi connectivity index (χ4n) is 2.75. The smallest absolute Gasteiger partial charge is 0.306 e. The first-order valence-electron chi connectivity index (χ1n) is 8.42. The lowest BCUT2D eigenvalue weighted by Gasteiger charge is -2.20. The lowest BCUT2D eigenvalue weighted by atomic mass is 9.91. The number of amides is 1. The van der Waals surface area contributed by atoms with Crippen molar-refractivity contribution in [3.63, 3.8) is 0 Å². The third-order valence-electron chi connectivity index (χ3n) is 3.72. The third-order valence-corrected chi connectivity index (χ3v) is 3.72. The van der Waals surface area contributed by atoms with Gasteiger partial charge in [0.05, 0.1) is 12.6 Å². The molecule has 1 rings (SSSR count). The molecule has 0 aromatic heterocycles. The molecule has 2 atom stereocenters. The zero-order valence-electron chi connectivity index (χ0n) is 14.7. The molecule has 1 aromatic carbocycles. The maximum absolute atomic E-state index is 12.3. The lowest BCUT2D eigenvalue weighted by Crippen LogP contribution is -2.29. The molecule has 0 bridgehead atoms. The Bertz CT molecular complexity index is 485. The van der Waals surface area contributed by atoms with Crippen molar-refractivity contribution in [2.45, 2.75) is 53.0 Å². The van der Waals surface area contributed by atoms with E-state index in [1.165, 1.54) is 0 Å². The van der Waals surface area contributed by atoms with Crippen LogP contribution in [0.2, 0.25) is 0 Å². The van der Waals surface area contributed by atoms with Gasteiger partial charge in [0, 0.05) is 12.8 Å². The topological polar surface area (TPSA) is 55.4 Å². The van der Waals surface area contributed by atoms with Crippen molar-refractivity contribution in [2.75, 3.05) is 6.61 Å². The van der Waals surface area contributed by atoms with E-state index in [2.05, 4.69) is 19.2 Å². The summed E-state index contributed by atoms with van der Waals surface area (Å²) in [5.74, 6) is 0.226. The van der Waals surface area contributed by atoms with Gasteiger partial charge in [-0.15, -0.1) is 0 Å². The van der Waals surface area contributed by atoms with Gasteiger partial charge in [0.25, 0.3) is 0 Å². The minimum absolute atomic E-state index is 0.0173. The Kier molecular flexibility index (Phi) is 8.38. The van der Waals surface area contributed by atoms with Crippen LogP contribution in [-0.4, -0.2) is 18.5 Å². The summed E-state index contributed by atoms with van der Waals surface area (Å²) in [4.78, 5) is 24.0. The first-order chi connectivity index (χ1) is 10.9. The number of ether oxygens (including phenoxy) is 1. The average Bonchev–Trinajstić information content (AvgIpc) is 2.47. The highest BCUT2D eigenvalue weighted by atomic mass is 16.5. The Morgan fingerprint density at radius 2 is 1.74 bits per heavy atom. The second kappa shape index (κ2) is 10.0. The van der Waals surface area contributed by atoms with Gasteiger partial charge in [-0.3, -0.25) is 9.59 Å². The Balaban J connectivity index is 2.56. The summed E-state index contributed by atoms with van der Waals surface area (Å²) in [6.07, 6.45) is 1.50. The number of esters is 1. The van der Waals surface area contributed by atoms with Crippen LogP contribution in [0.5, 0.6) is 0 Å². The number of carbonyl (C=O) groups excluding carboxylic acids is 2. The molecule has 23 heavy (non-hydrogen) atoms. The van der Waals surface area contributed by atoms with E-state index in [1.54, 1.807) is 6.92 Å². The van der Waals surface area contributed by atoms with Gasteiger partial charge >= 0.3 is 5.97 Å². The summed E-state index contributed by atoms with van der Waals surface area (Å²) in [5.41, 5.74) is 1.08. The van der Waals surface area contributed by atoms with Crippen LogP contribution in [0.4, 0.5) is 0 Å². The predicted molar refractivity (Wildman–Crippen MR) is 91.8 cm³/mol. The molecule has 0 heterocycles. The molecule has 4 nitrogen and oxygen atoms in total. The highest BCUT2D eigenvalue weighted by Gasteiger charge is 2.20. The molecule has 1 aromatic rings. The summed E-state index contributed by atoms with van der Waals surface area (Å²) < 4.78 is 5.02. The first-order valence-corrected chi connectivity index (χ1v) is 8.42. The van der Waals surface area contributed by atoms with Crippen LogP contribution in [0.15, 0.2) is 30.3 Å². The maximum atomic E-state index is 12.3. The third kappa shape index (κ3) is 7.82. The van der Waals surface area contributed by atoms with Crippen LogP contribution in [-0.2, 0) is 14.3 Å². The number of hydrogen-bond acceptors (Lipinski definition) is 3. The van der Waals surface area contributed by atoms with Crippen LogP contribution >= 0.6 is 0 Å². The standard InChI is InChI=1S/C19H29NO3/c1-5-23-19(22)13-16(11-14(2)3)12-18(21)20-15(4)17-9-7-6-8-10-17/h6-10,14-16H,5,11-13H2,1-4H3,(H,20,21)/t15?,16-/m0/s1. The van der Waals surface area contributed by atoms with Gasteiger partial charge in [0.1, 0.15) is 0 Å². The molecule has 1 N–H and O–H groups in total. The van der Waals surface area contributed by atoms with Gasteiger partial charge < -0.3 is 10.1 Å².